The third-order valence-corrected chi connectivity index (χ3v) is 5.85. The molecule has 8 nitrogen and oxygen atoms in total. The Hall–Kier alpha value is -2.74. The summed E-state index contributed by atoms with van der Waals surface area (Å²) in [5.41, 5.74) is 2.81. The van der Waals surface area contributed by atoms with Crippen LogP contribution in [-0.2, 0) is 28.3 Å². The minimum absolute atomic E-state index is 0.155. The lowest BCUT2D eigenvalue weighted by molar-refractivity contribution is -0.120. The van der Waals surface area contributed by atoms with Gasteiger partial charge in [-0.1, -0.05) is 13.3 Å². The Morgan fingerprint density at radius 2 is 2.21 bits per heavy atom. The van der Waals surface area contributed by atoms with Crippen LogP contribution in [0.4, 0.5) is 5.82 Å². The van der Waals surface area contributed by atoms with Gasteiger partial charge in [0, 0.05) is 31.4 Å². The van der Waals surface area contributed by atoms with Gasteiger partial charge < -0.3 is 10.1 Å². The van der Waals surface area contributed by atoms with Crippen molar-refractivity contribution in [3.63, 3.8) is 0 Å². The molecule has 0 bridgehead atoms. The number of ether oxygens (including phenoxy) is 1. The van der Waals surface area contributed by atoms with E-state index in [1.165, 1.54) is 0 Å². The Kier molecular flexibility index (Phi) is 4.90. The topological polar surface area (TPSA) is 89.3 Å². The van der Waals surface area contributed by atoms with Crippen molar-refractivity contribution < 1.29 is 14.3 Å². The van der Waals surface area contributed by atoms with Crippen molar-refractivity contribution in [2.75, 3.05) is 11.9 Å². The predicted octanol–water partition coefficient (Wildman–Crippen LogP) is 2.30. The summed E-state index contributed by atoms with van der Waals surface area (Å²) in [6.07, 6.45) is 4.05. The van der Waals surface area contributed by atoms with Gasteiger partial charge in [-0.05, 0) is 38.3 Å². The molecule has 0 spiro atoms. The second-order valence-electron chi connectivity index (χ2n) is 8.08. The molecule has 2 atom stereocenters. The third kappa shape index (κ3) is 3.42. The molecule has 2 aromatic rings. The fraction of sp³-hybridized carbons (Fsp3) is 0.524. The standard InChI is InChI=1S/C21H27N5O3/c1-5-7-21(3)15-10-17(22-11-14(15)12-29-21)19(27)23-16-6-8-26-18(9-13(2)24-26)25(4)20(16)28/h9-11,16H,5-8,12H2,1-4H3,(H,23,27)/t16-,21+/m0/s1. The second-order valence-corrected chi connectivity index (χ2v) is 8.08. The number of amides is 2. The molecule has 0 unspecified atom stereocenters. The van der Waals surface area contributed by atoms with E-state index in [2.05, 4.69) is 29.2 Å². The number of likely N-dealkylation sites (N-methyl/N-ethyl adjacent to an activating group) is 1. The van der Waals surface area contributed by atoms with Crippen molar-refractivity contribution in [2.24, 2.45) is 0 Å². The smallest absolute Gasteiger partial charge is 0.270 e. The van der Waals surface area contributed by atoms with Gasteiger partial charge in [0.2, 0.25) is 0 Å². The number of nitrogens with zero attached hydrogens (tertiary/aromatic N) is 4. The minimum atomic E-state index is -0.622. The van der Waals surface area contributed by atoms with E-state index in [-0.39, 0.29) is 11.8 Å². The van der Waals surface area contributed by atoms with E-state index in [4.69, 9.17) is 4.74 Å². The number of rotatable bonds is 4. The van der Waals surface area contributed by atoms with E-state index in [9.17, 15) is 9.59 Å². The van der Waals surface area contributed by atoms with Crippen LogP contribution in [0.5, 0.6) is 0 Å². The molecule has 2 amide bonds. The number of fused-ring (bicyclic) bond motifs is 2. The van der Waals surface area contributed by atoms with Crippen molar-refractivity contribution in [3.05, 3.63) is 40.8 Å². The van der Waals surface area contributed by atoms with Gasteiger partial charge in [0.1, 0.15) is 17.6 Å². The first-order chi connectivity index (χ1) is 13.8. The maximum absolute atomic E-state index is 12.9. The molecule has 0 saturated carbocycles. The minimum Gasteiger partial charge on any atom is -0.366 e. The average molecular weight is 397 g/mol. The molecule has 154 valence electrons. The molecule has 29 heavy (non-hydrogen) atoms. The Bertz CT molecular complexity index is 965. The number of aromatic nitrogens is 3. The Balaban J connectivity index is 1.53. The largest absolute Gasteiger partial charge is 0.366 e. The fourth-order valence-corrected chi connectivity index (χ4v) is 4.27. The summed E-state index contributed by atoms with van der Waals surface area (Å²) in [4.78, 5) is 31.7. The lowest BCUT2D eigenvalue weighted by Gasteiger charge is -2.24. The summed E-state index contributed by atoms with van der Waals surface area (Å²) in [6.45, 7) is 7.13. The zero-order valence-corrected chi connectivity index (χ0v) is 17.4. The van der Waals surface area contributed by atoms with Gasteiger partial charge in [0.15, 0.2) is 0 Å². The molecule has 0 fully saturated rings. The van der Waals surface area contributed by atoms with Gasteiger partial charge in [-0.15, -0.1) is 0 Å². The van der Waals surface area contributed by atoms with E-state index in [1.54, 1.807) is 22.8 Å². The lowest BCUT2D eigenvalue weighted by atomic mass is 9.90. The van der Waals surface area contributed by atoms with Gasteiger partial charge in [-0.25, -0.2) is 4.68 Å². The molecular formula is C21H27N5O3. The van der Waals surface area contributed by atoms with Gasteiger partial charge in [0.05, 0.1) is 17.9 Å². The average Bonchev–Trinajstić information content (AvgIpc) is 3.21. The Morgan fingerprint density at radius 3 is 2.97 bits per heavy atom. The summed E-state index contributed by atoms with van der Waals surface area (Å²) >= 11 is 0. The van der Waals surface area contributed by atoms with E-state index < -0.39 is 11.6 Å². The van der Waals surface area contributed by atoms with E-state index in [0.717, 1.165) is 35.5 Å². The highest BCUT2D eigenvalue weighted by molar-refractivity contribution is 6.01. The van der Waals surface area contributed by atoms with Crippen LogP contribution in [0.15, 0.2) is 18.3 Å². The molecule has 8 heteroatoms. The third-order valence-electron chi connectivity index (χ3n) is 5.85. The molecule has 0 saturated heterocycles. The van der Waals surface area contributed by atoms with Crippen molar-refractivity contribution in [1.29, 1.82) is 0 Å². The number of hydrogen-bond donors (Lipinski definition) is 1. The number of hydrogen-bond acceptors (Lipinski definition) is 5. The molecule has 0 aliphatic carbocycles. The van der Waals surface area contributed by atoms with Crippen molar-refractivity contribution in [2.45, 2.75) is 64.8 Å². The molecular weight excluding hydrogens is 370 g/mol. The van der Waals surface area contributed by atoms with Crippen LogP contribution in [0.25, 0.3) is 0 Å². The summed E-state index contributed by atoms with van der Waals surface area (Å²) < 4.78 is 7.78. The summed E-state index contributed by atoms with van der Waals surface area (Å²) in [5, 5.41) is 7.29. The maximum atomic E-state index is 12.9. The van der Waals surface area contributed by atoms with Gasteiger partial charge >= 0.3 is 0 Å². The molecule has 0 aromatic carbocycles. The van der Waals surface area contributed by atoms with Crippen LogP contribution in [-0.4, -0.2) is 39.7 Å². The van der Waals surface area contributed by atoms with E-state index in [0.29, 0.717) is 25.3 Å². The van der Waals surface area contributed by atoms with Crippen LogP contribution >= 0.6 is 0 Å². The van der Waals surface area contributed by atoms with Crippen molar-refractivity contribution in [3.8, 4) is 0 Å². The molecule has 4 heterocycles. The number of aryl methyl sites for hydroxylation is 2. The normalized spacial score (nSPS) is 23.5. The van der Waals surface area contributed by atoms with Crippen LogP contribution in [0.3, 0.4) is 0 Å². The number of anilines is 1. The highest BCUT2D eigenvalue weighted by Gasteiger charge is 2.36. The summed E-state index contributed by atoms with van der Waals surface area (Å²) in [6, 6.07) is 3.06. The molecule has 2 aliphatic rings. The Labute approximate surface area is 170 Å². The van der Waals surface area contributed by atoms with Crippen molar-refractivity contribution >= 4 is 17.6 Å². The molecule has 2 aromatic heterocycles. The van der Waals surface area contributed by atoms with Gasteiger partial charge in [-0.2, -0.15) is 5.10 Å². The van der Waals surface area contributed by atoms with Crippen LogP contribution in [0.1, 0.15) is 60.4 Å². The van der Waals surface area contributed by atoms with E-state index >= 15 is 0 Å². The van der Waals surface area contributed by atoms with Crippen LogP contribution in [0.2, 0.25) is 0 Å². The number of carbonyl (C=O) groups excluding carboxylic acids is 2. The SMILES string of the molecule is CCC[C@@]1(C)OCc2cnc(C(=O)N[C@H]3CCn4nc(C)cc4N(C)C3=O)cc21. The maximum Gasteiger partial charge on any atom is 0.270 e. The number of nitrogens with one attached hydrogen (secondary N) is 1. The first-order valence-electron chi connectivity index (χ1n) is 10.1. The van der Waals surface area contributed by atoms with Crippen LogP contribution < -0.4 is 10.2 Å². The molecule has 4 rings (SSSR count). The fourth-order valence-electron chi connectivity index (χ4n) is 4.27. The highest BCUT2D eigenvalue weighted by Crippen LogP contribution is 2.39. The first kappa shape index (κ1) is 19.6. The number of pyridine rings is 1. The lowest BCUT2D eigenvalue weighted by Crippen LogP contribution is -2.47. The van der Waals surface area contributed by atoms with E-state index in [1.807, 2.05) is 19.1 Å². The summed E-state index contributed by atoms with van der Waals surface area (Å²) in [7, 11) is 1.71. The van der Waals surface area contributed by atoms with Gasteiger partial charge in [-0.3, -0.25) is 19.5 Å². The quantitative estimate of drug-likeness (QED) is 0.855. The number of carbonyl (C=O) groups is 2. The zero-order chi connectivity index (χ0) is 20.8. The molecule has 2 aliphatic heterocycles. The molecule has 0 radical (unpaired) electrons. The van der Waals surface area contributed by atoms with Gasteiger partial charge in [0.25, 0.3) is 11.8 Å². The Morgan fingerprint density at radius 1 is 1.41 bits per heavy atom. The summed E-state index contributed by atoms with van der Waals surface area (Å²) in [5.74, 6) is 0.241. The predicted molar refractivity (Wildman–Crippen MR) is 108 cm³/mol. The first-order valence-corrected chi connectivity index (χ1v) is 10.1. The zero-order valence-electron chi connectivity index (χ0n) is 17.4. The molecule has 1 N–H and O–H groups in total. The second kappa shape index (κ2) is 7.26. The highest BCUT2D eigenvalue weighted by atomic mass is 16.5. The monoisotopic (exact) mass is 397 g/mol. The van der Waals surface area contributed by atoms with Crippen LogP contribution in [0, 0.1) is 6.92 Å². The van der Waals surface area contributed by atoms with Crippen molar-refractivity contribution in [1.82, 2.24) is 20.1 Å².